The first kappa shape index (κ1) is 21.8. The molecule has 0 fully saturated rings. The average molecular weight is 466 g/mol. The number of methoxy groups -OCH3 is 1. The topological polar surface area (TPSA) is 80.8 Å². The maximum absolute atomic E-state index is 13.3. The van der Waals surface area contributed by atoms with Crippen molar-refractivity contribution in [3.05, 3.63) is 76.3 Å². The summed E-state index contributed by atoms with van der Waals surface area (Å²) in [5.41, 5.74) is 1.20. The quantitative estimate of drug-likeness (QED) is 0.590. The van der Waals surface area contributed by atoms with Crippen molar-refractivity contribution in [3.63, 3.8) is 0 Å². The van der Waals surface area contributed by atoms with E-state index in [9.17, 15) is 18.0 Å². The number of carbonyl (C=O) groups excluding carboxylic acids is 2. The maximum atomic E-state index is 13.3. The van der Waals surface area contributed by atoms with Crippen molar-refractivity contribution in [1.82, 2.24) is 4.31 Å². The molecule has 0 heterocycles. The van der Waals surface area contributed by atoms with Crippen molar-refractivity contribution in [1.29, 1.82) is 0 Å². The number of aryl methyl sites for hydroxylation is 1. The van der Waals surface area contributed by atoms with E-state index in [1.165, 1.54) is 19.1 Å². The molecule has 2 rings (SSSR count). The smallest absolute Gasteiger partial charge is 0.424 e. The first-order valence-corrected chi connectivity index (χ1v) is 10.5. The van der Waals surface area contributed by atoms with E-state index in [2.05, 4.69) is 22.5 Å². The van der Waals surface area contributed by atoms with E-state index in [0.717, 1.165) is 12.7 Å². The molecule has 0 aliphatic heterocycles. The Labute approximate surface area is 173 Å². The summed E-state index contributed by atoms with van der Waals surface area (Å²) in [5.74, 6) is -0.446. The summed E-state index contributed by atoms with van der Waals surface area (Å²) in [5, 5.41) is 0. The number of ether oxygens (including phenoxy) is 1. The van der Waals surface area contributed by atoms with Gasteiger partial charge in [-0.3, -0.25) is 4.79 Å². The number of halogens is 1. The lowest BCUT2D eigenvalue weighted by molar-refractivity contribution is -0.114. The summed E-state index contributed by atoms with van der Waals surface area (Å²) in [7, 11) is -3.26. The number of benzene rings is 2. The molecule has 6 nitrogen and oxygen atoms in total. The summed E-state index contributed by atoms with van der Waals surface area (Å²) in [4.78, 5) is 24.6. The number of sulfonamides is 1. The van der Waals surface area contributed by atoms with Crippen molar-refractivity contribution in [3.8, 4) is 0 Å². The number of amides is 1. The number of nitrogens with zero attached hydrogens (tertiary/aromatic N) is 1. The summed E-state index contributed by atoms with van der Waals surface area (Å²) < 4.78 is 32.6. The molecule has 0 aliphatic rings. The minimum Gasteiger partial charge on any atom is -0.452 e. The molecular weight excluding hydrogens is 446 g/mol. The number of hydrogen-bond acceptors (Lipinski definition) is 5. The molecule has 0 unspecified atom stereocenters. The molecule has 0 spiro atoms. The van der Waals surface area contributed by atoms with E-state index in [0.29, 0.717) is 14.3 Å². The van der Waals surface area contributed by atoms with Gasteiger partial charge in [0.15, 0.2) is 5.78 Å². The second-order valence-corrected chi connectivity index (χ2v) is 8.85. The van der Waals surface area contributed by atoms with Crippen molar-refractivity contribution in [2.24, 2.45) is 0 Å². The number of rotatable bonds is 6. The minimum atomic E-state index is -4.34. The van der Waals surface area contributed by atoms with Crippen LogP contribution in [0.3, 0.4) is 0 Å². The van der Waals surface area contributed by atoms with Crippen LogP contribution < -0.4 is 0 Å². The Morgan fingerprint density at radius 1 is 1.14 bits per heavy atom. The molecule has 2 aromatic rings. The second kappa shape index (κ2) is 8.70. The molecule has 0 bridgehead atoms. The Kier molecular flexibility index (Phi) is 6.79. The fraction of sp³-hybridized carbons (Fsp3) is 0.200. The Morgan fingerprint density at radius 2 is 1.75 bits per heavy atom. The van der Waals surface area contributed by atoms with Crippen LogP contribution in [0.5, 0.6) is 0 Å². The second-order valence-electron chi connectivity index (χ2n) is 6.12. The van der Waals surface area contributed by atoms with Crippen LogP contribution in [0.25, 0.3) is 0 Å². The van der Waals surface area contributed by atoms with Crippen LogP contribution in [0.1, 0.15) is 24.1 Å². The lowest BCUT2D eigenvalue weighted by Crippen LogP contribution is -2.41. The highest BCUT2D eigenvalue weighted by Gasteiger charge is 2.40. The molecule has 0 aromatic heterocycles. The SMILES string of the molecule is C=C(C(C)=O)[C@H](c1cccc(Br)c1)N(C(=O)OC)S(=O)(=O)c1ccc(C)cc1. The van der Waals surface area contributed by atoms with Gasteiger partial charge in [0.2, 0.25) is 0 Å². The third-order valence-corrected chi connectivity index (χ3v) is 6.35. The van der Waals surface area contributed by atoms with Crippen LogP contribution in [0, 0.1) is 6.92 Å². The summed E-state index contributed by atoms with van der Waals surface area (Å²) >= 11 is 3.32. The zero-order valence-electron chi connectivity index (χ0n) is 15.7. The highest BCUT2D eigenvalue weighted by Crippen LogP contribution is 2.35. The zero-order valence-corrected chi connectivity index (χ0v) is 18.1. The van der Waals surface area contributed by atoms with Crippen LogP contribution in [-0.4, -0.2) is 31.7 Å². The highest BCUT2D eigenvalue weighted by atomic mass is 79.9. The predicted molar refractivity (Wildman–Crippen MR) is 109 cm³/mol. The van der Waals surface area contributed by atoms with Gasteiger partial charge in [0.25, 0.3) is 10.0 Å². The Balaban J connectivity index is 2.74. The van der Waals surface area contributed by atoms with Gasteiger partial charge in [-0.25, -0.2) is 13.2 Å². The lowest BCUT2D eigenvalue weighted by atomic mass is 9.97. The number of hydrogen-bond donors (Lipinski definition) is 0. The van der Waals surface area contributed by atoms with Gasteiger partial charge in [-0.1, -0.05) is 52.3 Å². The summed E-state index contributed by atoms with van der Waals surface area (Å²) in [6, 6.07) is 11.4. The normalized spacial score (nSPS) is 12.1. The van der Waals surface area contributed by atoms with Gasteiger partial charge in [-0.2, -0.15) is 4.31 Å². The number of ketones is 1. The predicted octanol–water partition coefficient (Wildman–Crippen LogP) is 4.40. The number of carbonyl (C=O) groups is 2. The third-order valence-electron chi connectivity index (χ3n) is 4.11. The van der Waals surface area contributed by atoms with E-state index in [1.807, 2.05) is 6.92 Å². The van der Waals surface area contributed by atoms with E-state index < -0.39 is 27.9 Å². The lowest BCUT2D eigenvalue weighted by Gasteiger charge is -2.31. The van der Waals surface area contributed by atoms with Crippen molar-refractivity contribution < 1.29 is 22.7 Å². The molecule has 2 aromatic carbocycles. The van der Waals surface area contributed by atoms with Gasteiger partial charge < -0.3 is 4.74 Å². The van der Waals surface area contributed by atoms with Crippen LogP contribution in [0.2, 0.25) is 0 Å². The largest absolute Gasteiger partial charge is 0.452 e. The standard InChI is InChI=1S/C20H20BrNO5S/c1-13-8-10-18(11-9-13)28(25,26)22(20(24)27-4)19(14(2)15(3)23)16-6-5-7-17(21)12-16/h5-12,19H,2H2,1,3-4H3/t19-/m1/s1. The Hall–Kier alpha value is -2.45. The van der Waals surface area contributed by atoms with Crippen molar-refractivity contribution >= 4 is 37.8 Å². The van der Waals surface area contributed by atoms with Crippen LogP contribution in [-0.2, 0) is 19.6 Å². The molecule has 1 atom stereocenters. The molecule has 0 N–H and O–H groups in total. The van der Waals surface area contributed by atoms with Gasteiger partial charge in [-0.05, 0) is 43.7 Å². The first-order chi connectivity index (χ1) is 13.1. The Morgan fingerprint density at radius 3 is 2.25 bits per heavy atom. The van der Waals surface area contributed by atoms with Gasteiger partial charge >= 0.3 is 6.09 Å². The van der Waals surface area contributed by atoms with E-state index in [1.54, 1.807) is 36.4 Å². The molecule has 0 radical (unpaired) electrons. The molecule has 148 valence electrons. The number of Topliss-reactive ketones (excluding diaryl/α,β-unsaturated/α-hetero) is 1. The molecule has 0 aliphatic carbocycles. The van der Waals surface area contributed by atoms with Crippen LogP contribution in [0.15, 0.2) is 70.1 Å². The summed E-state index contributed by atoms with van der Waals surface area (Å²) in [6.45, 7) is 6.82. The summed E-state index contributed by atoms with van der Waals surface area (Å²) in [6.07, 6.45) is -1.12. The molecule has 0 saturated carbocycles. The average Bonchev–Trinajstić information content (AvgIpc) is 2.65. The molecule has 1 amide bonds. The first-order valence-electron chi connectivity index (χ1n) is 8.24. The van der Waals surface area contributed by atoms with Gasteiger partial charge in [-0.15, -0.1) is 0 Å². The van der Waals surface area contributed by atoms with Gasteiger partial charge in [0.05, 0.1) is 12.0 Å². The molecular formula is C20H20BrNO5S. The van der Waals surface area contributed by atoms with E-state index in [-0.39, 0.29) is 10.5 Å². The molecule has 28 heavy (non-hydrogen) atoms. The van der Waals surface area contributed by atoms with Crippen molar-refractivity contribution in [2.75, 3.05) is 7.11 Å². The third kappa shape index (κ3) is 4.51. The van der Waals surface area contributed by atoms with Crippen LogP contribution >= 0.6 is 15.9 Å². The fourth-order valence-electron chi connectivity index (χ4n) is 2.60. The molecule has 8 heteroatoms. The zero-order chi connectivity index (χ0) is 21.1. The van der Waals surface area contributed by atoms with Gasteiger partial charge in [0.1, 0.15) is 6.04 Å². The maximum Gasteiger partial charge on any atom is 0.424 e. The van der Waals surface area contributed by atoms with Crippen LogP contribution in [0.4, 0.5) is 4.79 Å². The van der Waals surface area contributed by atoms with Crippen molar-refractivity contribution in [2.45, 2.75) is 24.8 Å². The van der Waals surface area contributed by atoms with E-state index >= 15 is 0 Å². The molecule has 0 saturated heterocycles. The van der Waals surface area contributed by atoms with E-state index in [4.69, 9.17) is 4.74 Å². The minimum absolute atomic E-state index is 0.0563. The fourth-order valence-corrected chi connectivity index (χ4v) is 4.52. The monoisotopic (exact) mass is 465 g/mol. The Bertz CT molecular complexity index is 1020. The highest BCUT2D eigenvalue weighted by molar-refractivity contribution is 9.10. The van der Waals surface area contributed by atoms with Gasteiger partial charge in [0, 0.05) is 10.0 Å².